The maximum absolute atomic E-state index is 12.3. The van der Waals surface area contributed by atoms with Crippen molar-refractivity contribution in [2.75, 3.05) is 5.73 Å². The second-order valence-electron chi connectivity index (χ2n) is 4.76. The summed E-state index contributed by atoms with van der Waals surface area (Å²) in [5.41, 5.74) is 5.62. The number of nitrogen functional groups attached to an aromatic ring is 1. The van der Waals surface area contributed by atoms with Crippen LogP contribution in [-0.4, -0.2) is 14.3 Å². The topological polar surface area (TPSA) is 65.8 Å². The van der Waals surface area contributed by atoms with Gasteiger partial charge in [-0.3, -0.25) is 9.48 Å². The molecule has 0 unspecified atom stereocenters. The molecule has 0 spiro atoms. The molecule has 0 aliphatic carbocycles. The third-order valence-electron chi connectivity index (χ3n) is 3.33. The van der Waals surface area contributed by atoms with Gasteiger partial charge in [0.1, 0.15) is 5.82 Å². The third-order valence-corrected chi connectivity index (χ3v) is 3.33. The summed E-state index contributed by atoms with van der Waals surface area (Å²) in [5, 5.41) is 5.86. The zero-order chi connectivity index (χ0) is 13.9. The SMILES string of the molecule is Nc1ccn(CCCn2ccc3ccccc3c2=O)n1. The molecule has 3 rings (SSSR count). The number of aryl methyl sites for hydroxylation is 2. The summed E-state index contributed by atoms with van der Waals surface area (Å²) in [6.45, 7) is 1.42. The Labute approximate surface area is 116 Å². The number of fused-ring (bicyclic) bond motifs is 1. The van der Waals surface area contributed by atoms with E-state index in [1.54, 1.807) is 15.3 Å². The number of pyridine rings is 1. The molecule has 0 aliphatic heterocycles. The predicted octanol–water partition coefficient (Wildman–Crippen LogP) is 1.87. The van der Waals surface area contributed by atoms with E-state index in [4.69, 9.17) is 5.73 Å². The Morgan fingerprint density at radius 2 is 1.90 bits per heavy atom. The van der Waals surface area contributed by atoms with Gasteiger partial charge in [-0.05, 0) is 30.0 Å². The van der Waals surface area contributed by atoms with Crippen LogP contribution in [0.1, 0.15) is 6.42 Å². The molecule has 5 nitrogen and oxygen atoms in total. The van der Waals surface area contributed by atoms with Crippen LogP contribution in [0.15, 0.2) is 53.6 Å². The summed E-state index contributed by atoms with van der Waals surface area (Å²) in [5.74, 6) is 0.521. The fourth-order valence-electron chi connectivity index (χ4n) is 2.31. The van der Waals surface area contributed by atoms with Crippen molar-refractivity contribution in [3.05, 3.63) is 59.1 Å². The minimum atomic E-state index is 0.0584. The lowest BCUT2D eigenvalue weighted by atomic mass is 10.2. The Morgan fingerprint density at radius 3 is 2.70 bits per heavy atom. The van der Waals surface area contributed by atoms with E-state index in [1.807, 2.05) is 42.7 Å². The molecule has 1 aromatic carbocycles. The summed E-state index contributed by atoms with van der Waals surface area (Å²) in [6, 6.07) is 11.4. The molecular formula is C15H16N4O. The molecule has 0 atom stereocenters. The van der Waals surface area contributed by atoms with Gasteiger partial charge in [-0.25, -0.2) is 0 Å². The Balaban J connectivity index is 1.74. The first-order chi connectivity index (χ1) is 9.74. The minimum absolute atomic E-state index is 0.0584. The molecule has 20 heavy (non-hydrogen) atoms. The highest BCUT2D eigenvalue weighted by molar-refractivity contribution is 5.81. The number of rotatable bonds is 4. The van der Waals surface area contributed by atoms with Gasteiger partial charge in [-0.2, -0.15) is 5.10 Å². The molecule has 2 aromatic heterocycles. The summed E-state index contributed by atoms with van der Waals surface area (Å²) in [7, 11) is 0. The van der Waals surface area contributed by atoms with Crippen molar-refractivity contribution in [2.45, 2.75) is 19.5 Å². The summed E-state index contributed by atoms with van der Waals surface area (Å²) in [6.07, 6.45) is 4.53. The van der Waals surface area contributed by atoms with Crippen LogP contribution in [0.25, 0.3) is 10.8 Å². The van der Waals surface area contributed by atoms with Crippen molar-refractivity contribution in [3.63, 3.8) is 0 Å². The number of nitrogens with zero attached hydrogens (tertiary/aromatic N) is 3. The summed E-state index contributed by atoms with van der Waals surface area (Å²) in [4.78, 5) is 12.3. The molecule has 0 amide bonds. The van der Waals surface area contributed by atoms with Crippen LogP contribution >= 0.6 is 0 Å². The van der Waals surface area contributed by atoms with Crippen LogP contribution in [0, 0.1) is 0 Å². The first-order valence-corrected chi connectivity index (χ1v) is 6.61. The maximum atomic E-state index is 12.3. The lowest BCUT2D eigenvalue weighted by molar-refractivity contribution is 0.522. The molecule has 3 aromatic rings. The van der Waals surface area contributed by atoms with Crippen LogP contribution in [0.5, 0.6) is 0 Å². The van der Waals surface area contributed by atoms with Gasteiger partial charge >= 0.3 is 0 Å². The number of benzene rings is 1. The van der Waals surface area contributed by atoms with E-state index in [9.17, 15) is 4.79 Å². The van der Waals surface area contributed by atoms with E-state index in [-0.39, 0.29) is 5.56 Å². The fourth-order valence-corrected chi connectivity index (χ4v) is 2.31. The summed E-state index contributed by atoms with van der Waals surface area (Å²) < 4.78 is 3.54. The van der Waals surface area contributed by atoms with E-state index in [2.05, 4.69) is 5.10 Å². The lowest BCUT2D eigenvalue weighted by Gasteiger charge is -2.07. The number of aromatic nitrogens is 3. The minimum Gasteiger partial charge on any atom is -0.382 e. The predicted molar refractivity (Wildman–Crippen MR) is 79.5 cm³/mol. The standard InChI is InChI=1S/C15H16N4O/c16-14-7-11-19(17-14)9-3-8-18-10-6-12-4-1-2-5-13(12)15(18)20/h1-2,4-7,10-11H,3,8-9H2,(H2,16,17). The molecule has 0 saturated heterocycles. The first-order valence-electron chi connectivity index (χ1n) is 6.61. The number of anilines is 1. The van der Waals surface area contributed by atoms with Gasteiger partial charge < -0.3 is 10.3 Å². The highest BCUT2D eigenvalue weighted by Gasteiger charge is 2.02. The smallest absolute Gasteiger partial charge is 0.258 e. The molecule has 102 valence electrons. The average Bonchev–Trinajstić information content (AvgIpc) is 2.87. The van der Waals surface area contributed by atoms with Gasteiger partial charge in [-0.1, -0.05) is 18.2 Å². The maximum Gasteiger partial charge on any atom is 0.258 e. The van der Waals surface area contributed by atoms with Gasteiger partial charge in [0, 0.05) is 30.9 Å². The Kier molecular flexibility index (Phi) is 3.25. The number of hydrogen-bond donors (Lipinski definition) is 1. The molecule has 0 bridgehead atoms. The molecule has 2 N–H and O–H groups in total. The molecule has 2 heterocycles. The second kappa shape index (κ2) is 5.21. The van der Waals surface area contributed by atoms with Crippen molar-refractivity contribution in [3.8, 4) is 0 Å². The zero-order valence-electron chi connectivity index (χ0n) is 11.1. The van der Waals surface area contributed by atoms with Crippen LogP contribution in [0.2, 0.25) is 0 Å². The molecule has 0 fully saturated rings. The molecule has 0 saturated carbocycles. The van der Waals surface area contributed by atoms with Crippen LogP contribution < -0.4 is 11.3 Å². The van der Waals surface area contributed by atoms with Crippen molar-refractivity contribution < 1.29 is 0 Å². The van der Waals surface area contributed by atoms with Crippen LogP contribution in [0.4, 0.5) is 5.82 Å². The average molecular weight is 268 g/mol. The lowest BCUT2D eigenvalue weighted by Crippen LogP contribution is -2.20. The molecular weight excluding hydrogens is 252 g/mol. The Morgan fingerprint density at radius 1 is 1.05 bits per heavy atom. The first kappa shape index (κ1) is 12.5. The summed E-state index contributed by atoms with van der Waals surface area (Å²) >= 11 is 0. The van der Waals surface area contributed by atoms with E-state index in [1.165, 1.54) is 0 Å². The van der Waals surface area contributed by atoms with Gasteiger partial charge in [0.2, 0.25) is 0 Å². The molecule has 0 aliphatic rings. The highest BCUT2D eigenvalue weighted by Crippen LogP contribution is 2.08. The molecule has 0 radical (unpaired) electrons. The monoisotopic (exact) mass is 268 g/mol. The normalized spacial score (nSPS) is 11.0. The largest absolute Gasteiger partial charge is 0.382 e. The van der Waals surface area contributed by atoms with E-state index in [0.29, 0.717) is 12.4 Å². The van der Waals surface area contributed by atoms with Crippen molar-refractivity contribution in [1.29, 1.82) is 0 Å². The zero-order valence-corrected chi connectivity index (χ0v) is 11.1. The van der Waals surface area contributed by atoms with Gasteiger partial charge in [0.05, 0.1) is 0 Å². The van der Waals surface area contributed by atoms with Crippen LogP contribution in [-0.2, 0) is 13.1 Å². The fraction of sp³-hybridized carbons (Fsp3) is 0.200. The quantitative estimate of drug-likeness (QED) is 0.785. The van der Waals surface area contributed by atoms with E-state index < -0.39 is 0 Å². The Bertz CT molecular complexity index is 788. The van der Waals surface area contributed by atoms with Crippen LogP contribution in [0.3, 0.4) is 0 Å². The Hall–Kier alpha value is -2.56. The van der Waals surface area contributed by atoms with Crippen molar-refractivity contribution in [2.24, 2.45) is 0 Å². The van der Waals surface area contributed by atoms with Gasteiger partial charge in [0.25, 0.3) is 5.56 Å². The van der Waals surface area contributed by atoms with Gasteiger partial charge in [-0.15, -0.1) is 0 Å². The van der Waals surface area contributed by atoms with Gasteiger partial charge in [0.15, 0.2) is 0 Å². The van der Waals surface area contributed by atoms with E-state index >= 15 is 0 Å². The number of nitrogens with two attached hydrogens (primary N) is 1. The van der Waals surface area contributed by atoms with E-state index in [0.717, 1.165) is 23.7 Å². The van der Waals surface area contributed by atoms with Crippen molar-refractivity contribution in [1.82, 2.24) is 14.3 Å². The second-order valence-corrected chi connectivity index (χ2v) is 4.76. The molecule has 5 heteroatoms. The van der Waals surface area contributed by atoms with Crippen molar-refractivity contribution >= 4 is 16.6 Å². The number of hydrogen-bond acceptors (Lipinski definition) is 3. The third kappa shape index (κ3) is 2.42. The highest BCUT2D eigenvalue weighted by atomic mass is 16.1.